The zero-order valence-corrected chi connectivity index (χ0v) is 9.41. The van der Waals surface area contributed by atoms with E-state index in [0.29, 0.717) is 12.6 Å². The number of nitrogens with zero attached hydrogens (tertiary/aromatic N) is 1. The molecule has 0 bridgehead atoms. The first-order valence-corrected chi connectivity index (χ1v) is 4.78. The van der Waals surface area contributed by atoms with Gasteiger partial charge >= 0.3 is 0 Å². The van der Waals surface area contributed by atoms with Gasteiger partial charge in [-0.2, -0.15) is 0 Å². The highest BCUT2D eigenvalue weighted by Crippen LogP contribution is 2.22. The second kappa shape index (κ2) is 4.94. The standard InChI is InChI=1S/C10H23NO2/c1-8(10(2,3)4)11(5)6-9(13)7-12/h8-9,12-13H,6-7H2,1-5H3. The van der Waals surface area contributed by atoms with Crippen LogP contribution in [0.5, 0.6) is 0 Å². The van der Waals surface area contributed by atoms with Gasteiger partial charge in [-0.15, -0.1) is 0 Å². The van der Waals surface area contributed by atoms with Crippen molar-refractivity contribution in [2.45, 2.75) is 39.8 Å². The summed E-state index contributed by atoms with van der Waals surface area (Å²) in [5.74, 6) is 0. The lowest BCUT2D eigenvalue weighted by atomic mass is 9.87. The Morgan fingerprint density at radius 1 is 1.31 bits per heavy atom. The van der Waals surface area contributed by atoms with Gasteiger partial charge < -0.3 is 15.1 Å². The second-order valence-corrected chi connectivity index (χ2v) is 4.82. The number of likely N-dealkylation sites (N-methyl/N-ethyl adjacent to an activating group) is 1. The highest BCUT2D eigenvalue weighted by molar-refractivity contribution is 4.78. The van der Waals surface area contributed by atoms with Crippen molar-refractivity contribution in [2.24, 2.45) is 5.41 Å². The van der Waals surface area contributed by atoms with Crippen molar-refractivity contribution in [1.29, 1.82) is 0 Å². The van der Waals surface area contributed by atoms with Crippen molar-refractivity contribution in [1.82, 2.24) is 4.90 Å². The average Bonchev–Trinajstić information content (AvgIpc) is 2.01. The van der Waals surface area contributed by atoms with E-state index in [4.69, 9.17) is 5.11 Å². The summed E-state index contributed by atoms with van der Waals surface area (Å²) in [4.78, 5) is 2.07. The molecule has 0 saturated heterocycles. The second-order valence-electron chi connectivity index (χ2n) is 4.82. The first-order chi connectivity index (χ1) is 5.79. The fourth-order valence-electron chi connectivity index (χ4n) is 1.21. The molecule has 0 aliphatic heterocycles. The Labute approximate surface area is 81.4 Å². The Bertz CT molecular complexity index is 142. The molecule has 0 radical (unpaired) electrons. The van der Waals surface area contributed by atoms with Gasteiger partial charge in [0.05, 0.1) is 12.7 Å². The minimum absolute atomic E-state index is 0.165. The van der Waals surface area contributed by atoms with Gasteiger partial charge in [-0.25, -0.2) is 0 Å². The van der Waals surface area contributed by atoms with Crippen LogP contribution in [0.2, 0.25) is 0 Å². The van der Waals surface area contributed by atoms with Crippen LogP contribution in [-0.4, -0.2) is 47.5 Å². The van der Waals surface area contributed by atoms with E-state index in [-0.39, 0.29) is 12.0 Å². The summed E-state index contributed by atoms with van der Waals surface area (Å²) >= 11 is 0. The normalized spacial score (nSPS) is 17.5. The molecule has 0 amide bonds. The molecule has 0 aromatic carbocycles. The molecule has 3 heteroatoms. The summed E-state index contributed by atoms with van der Waals surface area (Å²) < 4.78 is 0. The maximum Gasteiger partial charge on any atom is 0.0897 e. The van der Waals surface area contributed by atoms with E-state index >= 15 is 0 Å². The zero-order chi connectivity index (χ0) is 10.6. The first-order valence-electron chi connectivity index (χ1n) is 4.78. The predicted molar refractivity (Wildman–Crippen MR) is 54.6 cm³/mol. The molecule has 0 fully saturated rings. The van der Waals surface area contributed by atoms with E-state index in [9.17, 15) is 5.11 Å². The molecule has 0 heterocycles. The maximum atomic E-state index is 9.25. The van der Waals surface area contributed by atoms with Crippen LogP contribution in [0.4, 0.5) is 0 Å². The zero-order valence-electron chi connectivity index (χ0n) is 9.41. The molecule has 3 nitrogen and oxygen atoms in total. The summed E-state index contributed by atoms with van der Waals surface area (Å²) in [5.41, 5.74) is 0.198. The molecular formula is C10H23NO2. The first kappa shape index (κ1) is 12.9. The molecule has 13 heavy (non-hydrogen) atoms. The van der Waals surface area contributed by atoms with Crippen LogP contribution in [0.15, 0.2) is 0 Å². The topological polar surface area (TPSA) is 43.7 Å². The smallest absolute Gasteiger partial charge is 0.0897 e. The van der Waals surface area contributed by atoms with Gasteiger partial charge in [-0.3, -0.25) is 0 Å². The average molecular weight is 189 g/mol. The lowest BCUT2D eigenvalue weighted by Gasteiger charge is -2.36. The van der Waals surface area contributed by atoms with Crippen molar-refractivity contribution < 1.29 is 10.2 Å². The summed E-state index contributed by atoms with van der Waals surface area (Å²) in [5, 5.41) is 17.9. The minimum atomic E-state index is -0.630. The maximum absolute atomic E-state index is 9.25. The summed E-state index contributed by atoms with van der Waals surface area (Å²) in [6.07, 6.45) is -0.630. The Hall–Kier alpha value is -0.120. The van der Waals surface area contributed by atoms with Gasteiger partial charge in [0.15, 0.2) is 0 Å². The fraction of sp³-hybridized carbons (Fsp3) is 1.00. The number of hydrogen-bond donors (Lipinski definition) is 2. The fourth-order valence-corrected chi connectivity index (χ4v) is 1.21. The van der Waals surface area contributed by atoms with Gasteiger partial charge in [0, 0.05) is 12.6 Å². The third kappa shape index (κ3) is 4.60. The largest absolute Gasteiger partial charge is 0.394 e. The Balaban J connectivity index is 4.03. The van der Waals surface area contributed by atoms with Crippen molar-refractivity contribution >= 4 is 0 Å². The van der Waals surface area contributed by atoms with E-state index in [1.807, 2.05) is 7.05 Å². The molecule has 0 aliphatic rings. The molecule has 0 spiro atoms. The van der Waals surface area contributed by atoms with Crippen LogP contribution in [0.3, 0.4) is 0 Å². The van der Waals surface area contributed by atoms with Crippen molar-refractivity contribution in [2.75, 3.05) is 20.2 Å². The summed E-state index contributed by atoms with van der Waals surface area (Å²) in [6, 6.07) is 0.383. The molecule has 0 saturated carbocycles. The van der Waals surface area contributed by atoms with Crippen LogP contribution in [0.1, 0.15) is 27.7 Å². The van der Waals surface area contributed by atoms with Gasteiger partial charge in [0.1, 0.15) is 0 Å². The van der Waals surface area contributed by atoms with Gasteiger partial charge in [-0.1, -0.05) is 20.8 Å². The minimum Gasteiger partial charge on any atom is -0.394 e. The highest BCUT2D eigenvalue weighted by atomic mass is 16.3. The van der Waals surface area contributed by atoms with Crippen LogP contribution >= 0.6 is 0 Å². The highest BCUT2D eigenvalue weighted by Gasteiger charge is 2.24. The molecule has 0 aliphatic carbocycles. The number of hydrogen-bond acceptors (Lipinski definition) is 3. The molecule has 2 atom stereocenters. The van der Waals surface area contributed by atoms with Crippen LogP contribution in [-0.2, 0) is 0 Å². The number of aliphatic hydroxyl groups excluding tert-OH is 2. The van der Waals surface area contributed by atoms with Crippen molar-refractivity contribution in [3.8, 4) is 0 Å². The van der Waals surface area contributed by atoms with E-state index in [2.05, 4.69) is 32.6 Å². The monoisotopic (exact) mass is 189 g/mol. The van der Waals surface area contributed by atoms with Crippen LogP contribution < -0.4 is 0 Å². The lowest BCUT2D eigenvalue weighted by molar-refractivity contribution is 0.0376. The SMILES string of the molecule is CC(N(C)CC(O)CO)C(C)(C)C. The lowest BCUT2D eigenvalue weighted by Crippen LogP contribution is -2.43. The third-order valence-electron chi connectivity index (χ3n) is 2.62. The summed E-state index contributed by atoms with van der Waals surface area (Å²) in [6.45, 7) is 8.98. The summed E-state index contributed by atoms with van der Waals surface area (Å²) in [7, 11) is 1.97. The van der Waals surface area contributed by atoms with E-state index < -0.39 is 6.10 Å². The molecule has 0 aromatic rings. The van der Waals surface area contributed by atoms with Gasteiger partial charge in [0.2, 0.25) is 0 Å². The van der Waals surface area contributed by atoms with Crippen molar-refractivity contribution in [3.05, 3.63) is 0 Å². The van der Waals surface area contributed by atoms with Crippen LogP contribution in [0.25, 0.3) is 0 Å². The molecule has 2 N–H and O–H groups in total. The Morgan fingerprint density at radius 3 is 2.08 bits per heavy atom. The predicted octanol–water partition coefficient (Wildman–Crippen LogP) is 0.706. The van der Waals surface area contributed by atoms with E-state index in [0.717, 1.165) is 0 Å². The molecule has 80 valence electrons. The molecule has 0 aromatic heterocycles. The van der Waals surface area contributed by atoms with Crippen LogP contribution in [0, 0.1) is 5.41 Å². The quantitative estimate of drug-likeness (QED) is 0.684. The molecule has 2 unspecified atom stereocenters. The van der Waals surface area contributed by atoms with Crippen molar-refractivity contribution in [3.63, 3.8) is 0 Å². The van der Waals surface area contributed by atoms with E-state index in [1.54, 1.807) is 0 Å². The Kier molecular flexibility index (Phi) is 4.89. The molecule has 0 rings (SSSR count). The third-order valence-corrected chi connectivity index (χ3v) is 2.62. The van der Waals surface area contributed by atoms with Gasteiger partial charge in [0.25, 0.3) is 0 Å². The Morgan fingerprint density at radius 2 is 1.77 bits per heavy atom. The van der Waals surface area contributed by atoms with E-state index in [1.165, 1.54) is 0 Å². The molecular weight excluding hydrogens is 166 g/mol. The number of rotatable bonds is 4. The number of aliphatic hydroxyl groups is 2. The van der Waals surface area contributed by atoms with Gasteiger partial charge in [-0.05, 0) is 19.4 Å².